The summed E-state index contributed by atoms with van der Waals surface area (Å²) in [6, 6.07) is 0. The molecule has 0 amide bonds. The van der Waals surface area contributed by atoms with Crippen LogP contribution in [-0.2, 0) is 0 Å². The lowest BCUT2D eigenvalue weighted by molar-refractivity contribution is 1.31. The normalized spacial score (nSPS) is 7.80. The topological polar surface area (TPSA) is 54.7 Å². The van der Waals surface area contributed by atoms with E-state index in [-0.39, 0.29) is 0 Å². The minimum atomic E-state index is 0.321. The Morgan fingerprint density at radius 1 is 1.70 bits per heavy atom. The Kier molecular flexibility index (Phi) is 5.29. The highest BCUT2D eigenvalue weighted by atomic mass is 35.5. The number of aromatic amines is 1. The van der Waals surface area contributed by atoms with Crippen LogP contribution in [0.2, 0.25) is 10.3 Å². The number of nitrogens with two attached hydrogens (primary N) is 1. The Balaban J connectivity index is 0.000000236. The molecule has 0 spiro atoms. The van der Waals surface area contributed by atoms with Crippen LogP contribution in [0.1, 0.15) is 0 Å². The van der Waals surface area contributed by atoms with Crippen molar-refractivity contribution >= 4 is 40.9 Å². The van der Waals surface area contributed by atoms with Crippen LogP contribution in [0.25, 0.3) is 0 Å². The van der Waals surface area contributed by atoms with Crippen LogP contribution >= 0.6 is 35.4 Å². The van der Waals surface area contributed by atoms with Gasteiger partial charge in [0.05, 0.1) is 11.8 Å². The van der Waals surface area contributed by atoms with Crippen LogP contribution < -0.4 is 5.73 Å². The molecule has 0 saturated carbocycles. The smallest absolute Gasteiger partial charge is 0.165 e. The van der Waals surface area contributed by atoms with Crippen molar-refractivity contribution < 1.29 is 0 Å². The summed E-state index contributed by atoms with van der Waals surface area (Å²) in [5, 5.41) is 0.711. The molecule has 0 aliphatic rings. The summed E-state index contributed by atoms with van der Waals surface area (Å²) in [5.74, 6) is 0. The van der Waals surface area contributed by atoms with Crippen molar-refractivity contribution in [1.29, 1.82) is 0 Å². The number of aromatic nitrogens is 2. The van der Waals surface area contributed by atoms with Crippen LogP contribution in [0.4, 0.5) is 0 Å². The highest BCUT2D eigenvalue weighted by Gasteiger charge is 1.93. The lowest BCUT2D eigenvalue weighted by Gasteiger charge is -1.72. The number of thiocarbonyl (C=S) groups is 1. The van der Waals surface area contributed by atoms with E-state index in [0.717, 1.165) is 5.49 Å². The standard InChI is InChI=1S/C3H2Cl2N2.CH3NS/c4-2-3(5)7-1-6-2;2-1-3/h1H,(H,6,7);1H,(H2,2,3). The predicted molar refractivity (Wildman–Crippen MR) is 46.5 cm³/mol. The van der Waals surface area contributed by atoms with Gasteiger partial charge in [-0.15, -0.1) is 0 Å². The van der Waals surface area contributed by atoms with E-state index in [9.17, 15) is 0 Å². The Morgan fingerprint density at radius 2 is 2.20 bits per heavy atom. The van der Waals surface area contributed by atoms with Crippen molar-refractivity contribution in [2.24, 2.45) is 5.73 Å². The van der Waals surface area contributed by atoms with Gasteiger partial charge >= 0.3 is 0 Å². The minimum Gasteiger partial charge on any atom is -0.396 e. The maximum absolute atomic E-state index is 5.37. The minimum absolute atomic E-state index is 0.321. The van der Waals surface area contributed by atoms with Gasteiger partial charge in [-0.25, -0.2) is 4.98 Å². The highest BCUT2D eigenvalue weighted by Crippen LogP contribution is 2.13. The SMILES string of the molecule is Clc1nc[nH]c1Cl.NC=S. The maximum Gasteiger partial charge on any atom is 0.165 e. The van der Waals surface area contributed by atoms with Crippen molar-refractivity contribution in [3.05, 3.63) is 16.6 Å². The number of hydrogen-bond acceptors (Lipinski definition) is 2. The second-order valence-corrected chi connectivity index (χ2v) is 2.15. The Hall–Kier alpha value is -0.320. The zero-order chi connectivity index (χ0) is 7.98. The van der Waals surface area contributed by atoms with Crippen LogP contribution in [0.15, 0.2) is 6.33 Å². The van der Waals surface area contributed by atoms with Gasteiger partial charge in [0.1, 0.15) is 5.15 Å². The second kappa shape index (κ2) is 5.46. The number of H-pyrrole nitrogens is 1. The lowest BCUT2D eigenvalue weighted by Crippen LogP contribution is -1.79. The van der Waals surface area contributed by atoms with Gasteiger partial charge in [-0.3, -0.25) is 0 Å². The number of hydrogen-bond donors (Lipinski definition) is 2. The molecule has 0 radical (unpaired) electrons. The Labute approximate surface area is 73.5 Å². The van der Waals surface area contributed by atoms with E-state index in [4.69, 9.17) is 23.2 Å². The predicted octanol–water partition coefficient (Wildman–Crippen LogP) is 1.62. The number of imidazole rings is 1. The molecule has 0 aromatic carbocycles. The Morgan fingerprint density at radius 3 is 2.30 bits per heavy atom. The maximum atomic E-state index is 5.37. The van der Waals surface area contributed by atoms with Crippen LogP contribution in [-0.4, -0.2) is 15.5 Å². The third-order valence-electron chi connectivity index (χ3n) is 0.550. The monoisotopic (exact) mass is 197 g/mol. The average molecular weight is 198 g/mol. The molecule has 56 valence electrons. The van der Waals surface area contributed by atoms with Gasteiger partial charge in [0, 0.05) is 0 Å². The molecular weight excluding hydrogens is 193 g/mol. The molecule has 0 aliphatic carbocycles. The van der Waals surface area contributed by atoms with Gasteiger partial charge in [-0.1, -0.05) is 35.4 Å². The van der Waals surface area contributed by atoms with E-state index >= 15 is 0 Å². The van der Waals surface area contributed by atoms with E-state index in [1.165, 1.54) is 6.33 Å². The largest absolute Gasteiger partial charge is 0.396 e. The fourth-order valence-electron chi connectivity index (χ4n) is 0.262. The van der Waals surface area contributed by atoms with E-state index in [2.05, 4.69) is 27.9 Å². The first-order chi connectivity index (χ1) is 4.72. The summed E-state index contributed by atoms with van der Waals surface area (Å²) in [6.07, 6.45) is 1.44. The third kappa shape index (κ3) is 3.66. The first-order valence-electron chi connectivity index (χ1n) is 2.22. The molecule has 0 unspecified atom stereocenters. The van der Waals surface area contributed by atoms with Crippen LogP contribution in [0.5, 0.6) is 0 Å². The summed E-state index contributed by atoms with van der Waals surface area (Å²) in [4.78, 5) is 6.18. The van der Waals surface area contributed by atoms with Crippen molar-refractivity contribution in [1.82, 2.24) is 9.97 Å². The molecule has 1 aromatic heterocycles. The fourth-order valence-corrected chi connectivity index (χ4v) is 0.463. The summed E-state index contributed by atoms with van der Waals surface area (Å²) in [6.45, 7) is 0. The van der Waals surface area contributed by atoms with Crippen LogP contribution in [0.3, 0.4) is 0 Å². The van der Waals surface area contributed by atoms with Gasteiger partial charge in [0.15, 0.2) is 5.15 Å². The first kappa shape index (κ1) is 9.68. The molecule has 0 saturated heterocycles. The van der Waals surface area contributed by atoms with Gasteiger partial charge in [0.2, 0.25) is 0 Å². The quantitative estimate of drug-likeness (QED) is 0.622. The van der Waals surface area contributed by atoms with Gasteiger partial charge < -0.3 is 10.7 Å². The van der Waals surface area contributed by atoms with E-state index in [1.54, 1.807) is 0 Å². The molecule has 0 aliphatic heterocycles. The van der Waals surface area contributed by atoms with E-state index < -0.39 is 0 Å². The Bertz CT molecular complexity index is 184. The van der Waals surface area contributed by atoms with Crippen molar-refractivity contribution in [3.63, 3.8) is 0 Å². The van der Waals surface area contributed by atoms with Gasteiger partial charge in [-0.2, -0.15) is 0 Å². The fraction of sp³-hybridized carbons (Fsp3) is 0. The summed E-state index contributed by atoms with van der Waals surface area (Å²) >= 11 is 14.8. The number of nitrogens with zero attached hydrogens (tertiary/aromatic N) is 1. The molecule has 6 heteroatoms. The molecule has 1 aromatic rings. The van der Waals surface area contributed by atoms with Gasteiger partial charge in [0.25, 0.3) is 0 Å². The molecular formula is C4H5Cl2N3S. The third-order valence-corrected chi connectivity index (χ3v) is 1.22. The van der Waals surface area contributed by atoms with Gasteiger partial charge in [-0.05, 0) is 0 Å². The van der Waals surface area contributed by atoms with Crippen molar-refractivity contribution in [2.45, 2.75) is 0 Å². The molecule has 0 atom stereocenters. The van der Waals surface area contributed by atoms with E-state index in [0.29, 0.717) is 10.3 Å². The zero-order valence-corrected chi connectivity index (χ0v) is 7.17. The number of halogens is 2. The summed E-state index contributed by atoms with van der Waals surface area (Å²) < 4.78 is 0. The number of nitrogens with one attached hydrogen (secondary N) is 1. The van der Waals surface area contributed by atoms with E-state index in [1.807, 2.05) is 0 Å². The molecule has 1 heterocycles. The lowest BCUT2D eigenvalue weighted by atomic mass is 10.9. The molecule has 10 heavy (non-hydrogen) atoms. The summed E-state index contributed by atoms with van der Waals surface area (Å²) in [5.41, 5.74) is 5.62. The molecule has 1 rings (SSSR count). The van der Waals surface area contributed by atoms with Crippen molar-refractivity contribution in [2.75, 3.05) is 0 Å². The average Bonchev–Trinajstić information content (AvgIpc) is 2.19. The molecule has 3 N–H and O–H groups in total. The number of rotatable bonds is 0. The first-order valence-corrected chi connectivity index (χ1v) is 3.44. The zero-order valence-electron chi connectivity index (χ0n) is 4.84. The highest BCUT2D eigenvalue weighted by molar-refractivity contribution is 7.78. The molecule has 3 nitrogen and oxygen atoms in total. The van der Waals surface area contributed by atoms with Crippen molar-refractivity contribution in [3.8, 4) is 0 Å². The summed E-state index contributed by atoms with van der Waals surface area (Å²) in [7, 11) is 0. The molecule has 0 bridgehead atoms. The van der Waals surface area contributed by atoms with Crippen LogP contribution in [0, 0.1) is 0 Å². The molecule has 0 fully saturated rings. The second-order valence-electron chi connectivity index (χ2n) is 1.14.